The third-order valence-electron chi connectivity index (χ3n) is 3.72. The fourth-order valence-corrected chi connectivity index (χ4v) is 2.22. The standard InChI is InChI=1S/C18H34O6/c1-4-5-6-7-8-9-10-11-12-13-16(23-17(21)14(2)19)24-18(22)15(3)20/h14-16,19-20H,4-13H2,1-3H3. The van der Waals surface area contributed by atoms with Gasteiger partial charge in [-0.05, 0) is 20.3 Å². The molecular formula is C18H34O6. The minimum absolute atomic E-state index is 0.368. The number of hydrogen-bond acceptors (Lipinski definition) is 6. The van der Waals surface area contributed by atoms with Gasteiger partial charge in [0.1, 0.15) is 12.2 Å². The van der Waals surface area contributed by atoms with Crippen LogP contribution in [0.15, 0.2) is 0 Å². The van der Waals surface area contributed by atoms with E-state index in [1.807, 2.05) is 0 Å². The summed E-state index contributed by atoms with van der Waals surface area (Å²) in [6.07, 6.45) is 7.08. The number of aliphatic hydroxyl groups is 2. The van der Waals surface area contributed by atoms with E-state index in [-0.39, 0.29) is 0 Å². The molecule has 0 aliphatic carbocycles. The van der Waals surface area contributed by atoms with Gasteiger partial charge in [0.05, 0.1) is 0 Å². The Balaban J connectivity index is 3.99. The molecule has 2 unspecified atom stereocenters. The molecule has 0 fully saturated rings. The average Bonchev–Trinajstić information content (AvgIpc) is 2.52. The Kier molecular flexibility index (Phi) is 13.5. The molecule has 2 atom stereocenters. The molecule has 0 aromatic heterocycles. The summed E-state index contributed by atoms with van der Waals surface area (Å²) in [5.74, 6) is -1.68. The van der Waals surface area contributed by atoms with E-state index in [9.17, 15) is 19.8 Å². The van der Waals surface area contributed by atoms with Crippen molar-refractivity contribution in [3.05, 3.63) is 0 Å². The molecule has 0 radical (unpaired) electrons. The van der Waals surface area contributed by atoms with Crippen molar-refractivity contribution >= 4 is 11.9 Å². The third-order valence-corrected chi connectivity index (χ3v) is 3.72. The normalized spacial score (nSPS) is 14.7. The zero-order chi connectivity index (χ0) is 18.4. The number of esters is 2. The lowest BCUT2D eigenvalue weighted by Gasteiger charge is -2.19. The van der Waals surface area contributed by atoms with Crippen LogP contribution in [0.4, 0.5) is 0 Å². The van der Waals surface area contributed by atoms with Gasteiger partial charge in [-0.2, -0.15) is 0 Å². The van der Waals surface area contributed by atoms with Gasteiger partial charge in [0, 0.05) is 6.42 Å². The highest BCUT2D eigenvalue weighted by Crippen LogP contribution is 2.14. The number of carbonyl (C=O) groups excluding carboxylic acids is 2. The first kappa shape index (κ1) is 22.9. The van der Waals surface area contributed by atoms with E-state index < -0.39 is 30.4 Å². The zero-order valence-electron chi connectivity index (χ0n) is 15.3. The molecule has 2 N–H and O–H groups in total. The monoisotopic (exact) mass is 346 g/mol. The molecule has 0 aliphatic rings. The van der Waals surface area contributed by atoms with Gasteiger partial charge < -0.3 is 19.7 Å². The third kappa shape index (κ3) is 12.3. The molecular weight excluding hydrogens is 312 g/mol. The number of aliphatic hydroxyl groups excluding tert-OH is 2. The van der Waals surface area contributed by atoms with E-state index in [1.54, 1.807) is 0 Å². The predicted molar refractivity (Wildman–Crippen MR) is 91.2 cm³/mol. The van der Waals surface area contributed by atoms with Crippen molar-refractivity contribution in [3.63, 3.8) is 0 Å². The topological polar surface area (TPSA) is 93.1 Å². The van der Waals surface area contributed by atoms with Gasteiger partial charge in [0.15, 0.2) is 0 Å². The molecule has 0 aliphatic heterocycles. The van der Waals surface area contributed by atoms with Crippen LogP contribution in [0.25, 0.3) is 0 Å². The highest BCUT2D eigenvalue weighted by atomic mass is 16.7. The molecule has 0 bridgehead atoms. The smallest absolute Gasteiger partial charge is 0.337 e. The number of hydrogen-bond donors (Lipinski definition) is 2. The van der Waals surface area contributed by atoms with Gasteiger partial charge in [-0.3, -0.25) is 0 Å². The predicted octanol–water partition coefficient (Wildman–Crippen LogP) is 3.08. The van der Waals surface area contributed by atoms with E-state index in [0.717, 1.165) is 19.3 Å². The van der Waals surface area contributed by atoms with Crippen molar-refractivity contribution in [2.45, 2.75) is 103 Å². The maximum absolute atomic E-state index is 11.4. The van der Waals surface area contributed by atoms with Crippen molar-refractivity contribution in [1.29, 1.82) is 0 Å². The van der Waals surface area contributed by atoms with Gasteiger partial charge in [0.25, 0.3) is 0 Å². The van der Waals surface area contributed by atoms with Crippen LogP contribution >= 0.6 is 0 Å². The average molecular weight is 346 g/mol. The quantitative estimate of drug-likeness (QED) is 0.285. The van der Waals surface area contributed by atoms with Crippen LogP contribution in [0.1, 0.15) is 85.0 Å². The minimum atomic E-state index is -1.28. The van der Waals surface area contributed by atoms with Crippen LogP contribution in [0.5, 0.6) is 0 Å². The highest BCUT2D eigenvalue weighted by molar-refractivity contribution is 5.75. The minimum Gasteiger partial charge on any atom is -0.423 e. The van der Waals surface area contributed by atoms with Crippen molar-refractivity contribution < 1.29 is 29.3 Å². The summed E-state index contributed by atoms with van der Waals surface area (Å²) in [7, 11) is 0. The number of rotatable bonds is 14. The van der Waals surface area contributed by atoms with Crippen LogP contribution < -0.4 is 0 Å². The summed E-state index contributed by atoms with van der Waals surface area (Å²) in [6, 6.07) is 0. The molecule has 0 amide bonds. The lowest BCUT2D eigenvalue weighted by Crippen LogP contribution is -2.32. The van der Waals surface area contributed by atoms with Crippen molar-refractivity contribution in [1.82, 2.24) is 0 Å². The maximum Gasteiger partial charge on any atom is 0.337 e. The first-order chi connectivity index (χ1) is 11.4. The molecule has 142 valence electrons. The van der Waals surface area contributed by atoms with E-state index in [1.165, 1.54) is 52.4 Å². The van der Waals surface area contributed by atoms with Crippen molar-refractivity contribution in [2.24, 2.45) is 0 Å². The first-order valence-electron chi connectivity index (χ1n) is 9.15. The Bertz CT molecular complexity index is 318. The lowest BCUT2D eigenvalue weighted by atomic mass is 10.1. The van der Waals surface area contributed by atoms with Crippen molar-refractivity contribution in [3.8, 4) is 0 Å². The van der Waals surface area contributed by atoms with Crippen LogP contribution in [0.2, 0.25) is 0 Å². The summed E-state index contributed by atoms with van der Waals surface area (Å²) in [5, 5.41) is 18.4. The summed E-state index contributed by atoms with van der Waals surface area (Å²) in [6.45, 7) is 4.77. The van der Waals surface area contributed by atoms with Gasteiger partial charge in [-0.1, -0.05) is 58.3 Å². The fourth-order valence-electron chi connectivity index (χ4n) is 2.22. The zero-order valence-corrected chi connectivity index (χ0v) is 15.3. The molecule has 24 heavy (non-hydrogen) atoms. The maximum atomic E-state index is 11.4. The molecule has 0 aromatic carbocycles. The molecule has 6 nitrogen and oxygen atoms in total. The Hall–Kier alpha value is -1.14. The van der Waals surface area contributed by atoms with Gasteiger partial charge in [-0.25, -0.2) is 9.59 Å². The SMILES string of the molecule is CCCCCCCCCCCC(OC(=O)C(C)O)OC(=O)C(C)O. The second-order valence-corrected chi connectivity index (χ2v) is 6.27. The molecule has 0 heterocycles. The van der Waals surface area contributed by atoms with E-state index in [4.69, 9.17) is 9.47 Å². The molecule has 0 saturated heterocycles. The van der Waals surface area contributed by atoms with Crippen LogP contribution in [0, 0.1) is 0 Å². The van der Waals surface area contributed by atoms with Crippen LogP contribution in [-0.4, -0.2) is 40.6 Å². The van der Waals surface area contributed by atoms with E-state index in [2.05, 4.69) is 6.92 Å². The number of carbonyl (C=O) groups is 2. The lowest BCUT2D eigenvalue weighted by molar-refractivity contribution is -0.199. The Labute approximate surface area is 145 Å². The molecule has 0 aromatic rings. The summed E-state index contributed by atoms with van der Waals surface area (Å²) >= 11 is 0. The molecule has 0 rings (SSSR count). The fraction of sp³-hybridized carbons (Fsp3) is 0.889. The van der Waals surface area contributed by atoms with Gasteiger partial charge >= 0.3 is 11.9 Å². The highest BCUT2D eigenvalue weighted by Gasteiger charge is 2.23. The summed E-state index contributed by atoms with van der Waals surface area (Å²) in [5.41, 5.74) is 0. The Morgan fingerprint density at radius 1 is 0.750 bits per heavy atom. The largest absolute Gasteiger partial charge is 0.423 e. The van der Waals surface area contributed by atoms with E-state index >= 15 is 0 Å². The second-order valence-electron chi connectivity index (χ2n) is 6.27. The van der Waals surface area contributed by atoms with Gasteiger partial charge in [-0.15, -0.1) is 0 Å². The number of unbranched alkanes of at least 4 members (excludes halogenated alkanes) is 8. The second kappa shape index (κ2) is 14.2. The van der Waals surface area contributed by atoms with Crippen LogP contribution in [-0.2, 0) is 19.1 Å². The summed E-state index contributed by atoms with van der Waals surface area (Å²) in [4.78, 5) is 22.9. The number of ether oxygens (including phenoxy) is 2. The van der Waals surface area contributed by atoms with Gasteiger partial charge in [0.2, 0.25) is 6.29 Å². The molecule has 0 saturated carbocycles. The van der Waals surface area contributed by atoms with Crippen molar-refractivity contribution in [2.75, 3.05) is 0 Å². The molecule has 6 heteroatoms. The molecule has 0 spiro atoms. The Morgan fingerprint density at radius 3 is 1.50 bits per heavy atom. The Morgan fingerprint density at radius 2 is 1.12 bits per heavy atom. The first-order valence-corrected chi connectivity index (χ1v) is 9.15. The van der Waals surface area contributed by atoms with Crippen LogP contribution in [0.3, 0.4) is 0 Å². The van der Waals surface area contributed by atoms with E-state index in [0.29, 0.717) is 6.42 Å². The summed E-state index contributed by atoms with van der Waals surface area (Å²) < 4.78 is 9.92.